The van der Waals surface area contributed by atoms with E-state index in [4.69, 9.17) is 4.74 Å². The monoisotopic (exact) mass is 362 g/mol. The number of amides is 1. The third kappa shape index (κ3) is 5.39. The third-order valence-electron chi connectivity index (χ3n) is 3.60. The van der Waals surface area contributed by atoms with Crippen molar-refractivity contribution in [2.75, 3.05) is 11.9 Å². The lowest BCUT2D eigenvalue weighted by Gasteiger charge is -2.09. The smallest absolute Gasteiger partial charge is 0.306 e. The van der Waals surface area contributed by atoms with Crippen LogP contribution in [0, 0.1) is 24.0 Å². The van der Waals surface area contributed by atoms with Crippen molar-refractivity contribution < 1.29 is 19.2 Å². The van der Waals surface area contributed by atoms with Crippen LogP contribution in [0.5, 0.6) is 0 Å². The Bertz CT molecular complexity index is 787. The van der Waals surface area contributed by atoms with E-state index in [1.807, 2.05) is 17.5 Å². The van der Waals surface area contributed by atoms with Crippen LogP contribution in [0.4, 0.5) is 11.4 Å². The first-order valence-electron chi connectivity index (χ1n) is 7.60. The number of nitro benzene ring substituents is 1. The molecule has 0 aliphatic carbocycles. The van der Waals surface area contributed by atoms with Crippen LogP contribution < -0.4 is 5.32 Å². The molecule has 0 aliphatic heterocycles. The second-order valence-corrected chi connectivity index (χ2v) is 6.53. The van der Waals surface area contributed by atoms with E-state index in [1.54, 1.807) is 25.2 Å². The molecule has 1 amide bonds. The largest absolute Gasteiger partial charge is 0.456 e. The van der Waals surface area contributed by atoms with E-state index in [9.17, 15) is 19.7 Å². The summed E-state index contributed by atoms with van der Waals surface area (Å²) in [5.74, 6) is -1.10. The molecule has 0 saturated heterocycles. The summed E-state index contributed by atoms with van der Waals surface area (Å²) in [6.07, 6.45) is 0.734. The van der Waals surface area contributed by atoms with Gasteiger partial charge >= 0.3 is 5.97 Å². The minimum atomic E-state index is -0.615. The van der Waals surface area contributed by atoms with E-state index in [-0.39, 0.29) is 17.8 Å². The molecule has 1 aromatic carbocycles. The lowest BCUT2D eigenvalue weighted by molar-refractivity contribution is -0.384. The molecule has 0 spiro atoms. The highest BCUT2D eigenvalue weighted by Crippen LogP contribution is 2.27. The maximum absolute atomic E-state index is 11.9. The fourth-order valence-corrected chi connectivity index (χ4v) is 2.85. The Kier molecular flexibility index (Phi) is 6.24. The maximum Gasteiger partial charge on any atom is 0.306 e. The number of nitrogens with one attached hydrogen (secondary N) is 1. The Balaban J connectivity index is 1.88. The number of benzene rings is 1. The van der Waals surface area contributed by atoms with Crippen LogP contribution >= 0.6 is 11.3 Å². The number of carbonyl (C=O) groups is 2. The number of hydrogen-bond donors (Lipinski definition) is 1. The van der Waals surface area contributed by atoms with E-state index in [2.05, 4.69) is 5.32 Å². The molecule has 1 N–H and O–H groups in total. The summed E-state index contributed by atoms with van der Waals surface area (Å²) >= 11 is 1.55. The van der Waals surface area contributed by atoms with E-state index >= 15 is 0 Å². The zero-order chi connectivity index (χ0) is 18.4. The van der Waals surface area contributed by atoms with E-state index in [0.29, 0.717) is 6.42 Å². The minimum absolute atomic E-state index is 0.0905. The normalized spacial score (nSPS) is 10.3. The number of nitrogens with zero attached hydrogens (tertiary/aromatic N) is 1. The van der Waals surface area contributed by atoms with Crippen LogP contribution in [0.2, 0.25) is 0 Å². The number of hydrogen-bond acceptors (Lipinski definition) is 6. The molecule has 0 unspecified atom stereocenters. The molecule has 2 rings (SSSR count). The van der Waals surface area contributed by atoms with Crippen molar-refractivity contribution in [2.24, 2.45) is 0 Å². The number of thiophene rings is 1. The Labute approximate surface area is 148 Å². The van der Waals surface area contributed by atoms with Gasteiger partial charge in [-0.2, -0.15) is 0 Å². The molecule has 0 fully saturated rings. The van der Waals surface area contributed by atoms with Gasteiger partial charge in [-0.25, -0.2) is 0 Å². The van der Waals surface area contributed by atoms with Gasteiger partial charge in [0.25, 0.3) is 11.6 Å². The summed E-state index contributed by atoms with van der Waals surface area (Å²) in [5.41, 5.74) is 1.46. The first-order valence-corrected chi connectivity index (χ1v) is 8.48. The minimum Gasteiger partial charge on any atom is -0.456 e. The van der Waals surface area contributed by atoms with Crippen molar-refractivity contribution in [1.82, 2.24) is 0 Å². The lowest BCUT2D eigenvalue weighted by Crippen LogP contribution is -2.21. The van der Waals surface area contributed by atoms with E-state index in [0.717, 1.165) is 16.0 Å². The highest BCUT2D eigenvalue weighted by atomic mass is 32.1. The van der Waals surface area contributed by atoms with Gasteiger partial charge < -0.3 is 10.1 Å². The van der Waals surface area contributed by atoms with Crippen molar-refractivity contribution in [1.29, 1.82) is 0 Å². The standard InChI is InChI=1S/C17H18N2O5S/c1-11-8-14(15(19(22)23)9-12(11)2)18-16(20)10-24-17(21)6-5-13-4-3-7-25-13/h3-4,7-9H,5-6,10H2,1-2H3,(H,18,20). The average Bonchev–Trinajstić information content (AvgIpc) is 3.07. The second kappa shape index (κ2) is 8.39. The third-order valence-corrected chi connectivity index (χ3v) is 4.54. The van der Waals surface area contributed by atoms with Gasteiger partial charge in [-0.05, 0) is 48.9 Å². The highest BCUT2D eigenvalue weighted by molar-refractivity contribution is 7.09. The molecular formula is C17H18N2O5S. The summed E-state index contributed by atoms with van der Waals surface area (Å²) in [4.78, 5) is 35.2. The number of anilines is 1. The predicted octanol–water partition coefficient (Wildman–Crippen LogP) is 3.39. The fraction of sp³-hybridized carbons (Fsp3) is 0.294. The van der Waals surface area contributed by atoms with Crippen molar-refractivity contribution in [3.63, 3.8) is 0 Å². The Morgan fingerprint density at radius 2 is 2.00 bits per heavy atom. The van der Waals surface area contributed by atoms with Gasteiger partial charge in [0.15, 0.2) is 6.61 Å². The molecule has 7 nitrogen and oxygen atoms in total. The highest BCUT2D eigenvalue weighted by Gasteiger charge is 2.18. The topological polar surface area (TPSA) is 98.5 Å². The number of carbonyl (C=O) groups excluding carboxylic acids is 2. The van der Waals surface area contributed by atoms with E-state index in [1.165, 1.54) is 12.1 Å². The molecule has 25 heavy (non-hydrogen) atoms. The van der Waals surface area contributed by atoms with Gasteiger partial charge in [-0.3, -0.25) is 19.7 Å². The van der Waals surface area contributed by atoms with Gasteiger partial charge in [0, 0.05) is 10.9 Å². The van der Waals surface area contributed by atoms with Crippen LogP contribution in [0.25, 0.3) is 0 Å². The van der Waals surface area contributed by atoms with Crippen LogP contribution in [0.3, 0.4) is 0 Å². The molecule has 1 aromatic heterocycles. The van der Waals surface area contributed by atoms with Gasteiger partial charge in [0.1, 0.15) is 5.69 Å². The first kappa shape index (κ1) is 18.6. The van der Waals surface area contributed by atoms with Crippen LogP contribution in [0.15, 0.2) is 29.6 Å². The molecule has 0 aliphatic rings. The predicted molar refractivity (Wildman–Crippen MR) is 94.8 cm³/mol. The van der Waals surface area contributed by atoms with Crippen molar-refractivity contribution >= 4 is 34.6 Å². The Hall–Kier alpha value is -2.74. The van der Waals surface area contributed by atoms with Gasteiger partial charge in [-0.1, -0.05) is 6.07 Å². The lowest BCUT2D eigenvalue weighted by atomic mass is 10.1. The molecule has 0 bridgehead atoms. The summed E-state index contributed by atoms with van der Waals surface area (Å²) in [7, 11) is 0. The Morgan fingerprint density at radius 1 is 1.28 bits per heavy atom. The van der Waals surface area contributed by atoms with Crippen molar-refractivity contribution in [2.45, 2.75) is 26.7 Å². The SMILES string of the molecule is Cc1cc(NC(=O)COC(=O)CCc2cccs2)c([N+](=O)[O-])cc1C. The van der Waals surface area contributed by atoms with Crippen LogP contribution in [-0.4, -0.2) is 23.4 Å². The zero-order valence-electron chi connectivity index (χ0n) is 13.9. The number of nitro groups is 1. The molecule has 8 heteroatoms. The summed E-state index contributed by atoms with van der Waals surface area (Å²) in [6, 6.07) is 6.75. The molecule has 0 radical (unpaired) electrons. The number of esters is 1. The second-order valence-electron chi connectivity index (χ2n) is 5.50. The molecule has 2 aromatic rings. The summed E-state index contributed by atoms with van der Waals surface area (Å²) in [5, 5.41) is 15.5. The van der Waals surface area contributed by atoms with Crippen molar-refractivity contribution in [3.05, 3.63) is 55.8 Å². The fourth-order valence-electron chi connectivity index (χ4n) is 2.14. The van der Waals surface area contributed by atoms with Gasteiger partial charge in [0.05, 0.1) is 11.3 Å². The maximum atomic E-state index is 11.9. The molecule has 1 heterocycles. The van der Waals surface area contributed by atoms with Gasteiger partial charge in [-0.15, -0.1) is 11.3 Å². The van der Waals surface area contributed by atoms with Gasteiger partial charge in [0.2, 0.25) is 0 Å². The first-order chi connectivity index (χ1) is 11.9. The zero-order valence-corrected chi connectivity index (χ0v) is 14.7. The number of aryl methyl sites for hydroxylation is 3. The molecule has 0 atom stereocenters. The molecule has 132 valence electrons. The van der Waals surface area contributed by atoms with E-state index < -0.39 is 23.4 Å². The molecule has 0 saturated carbocycles. The summed E-state index contributed by atoms with van der Waals surface area (Å²) < 4.78 is 4.91. The molecular weight excluding hydrogens is 344 g/mol. The van der Waals surface area contributed by atoms with Crippen LogP contribution in [0.1, 0.15) is 22.4 Å². The number of ether oxygens (including phenoxy) is 1. The number of rotatable bonds is 7. The average molecular weight is 362 g/mol. The Morgan fingerprint density at radius 3 is 2.64 bits per heavy atom. The van der Waals surface area contributed by atoms with Crippen molar-refractivity contribution in [3.8, 4) is 0 Å². The summed E-state index contributed by atoms with van der Waals surface area (Å²) in [6.45, 7) is 3.07. The quantitative estimate of drug-likeness (QED) is 0.462. The van der Waals surface area contributed by atoms with Crippen LogP contribution in [-0.2, 0) is 20.7 Å².